The third-order valence-corrected chi connectivity index (χ3v) is 3.64. The molecule has 1 unspecified atom stereocenters. The summed E-state index contributed by atoms with van der Waals surface area (Å²) in [5, 5.41) is 2.89. The third-order valence-electron chi connectivity index (χ3n) is 3.64. The normalized spacial score (nSPS) is 13.5. The molecule has 0 aliphatic rings. The molecule has 0 saturated carbocycles. The fourth-order valence-corrected chi connectivity index (χ4v) is 2.10. The summed E-state index contributed by atoms with van der Waals surface area (Å²) in [4.78, 5) is 12.3. The Labute approximate surface area is 124 Å². The minimum absolute atomic E-state index is 0.247. The van der Waals surface area contributed by atoms with Gasteiger partial charge in [-0.1, -0.05) is 36.4 Å². The van der Waals surface area contributed by atoms with Crippen LogP contribution in [0.5, 0.6) is 0 Å². The van der Waals surface area contributed by atoms with Crippen LogP contribution in [0.25, 0.3) is 0 Å². The number of carbonyl (C=O) groups is 1. The largest absolute Gasteiger partial charge is 0.342 e. The van der Waals surface area contributed by atoms with E-state index in [1.165, 1.54) is 6.07 Å². The number of hydrogen-bond donors (Lipinski definition) is 2. The highest BCUT2D eigenvalue weighted by molar-refractivity contribution is 5.94. The van der Waals surface area contributed by atoms with Crippen molar-refractivity contribution in [1.82, 2.24) is 5.32 Å². The minimum Gasteiger partial charge on any atom is -0.342 e. The fraction of sp³-hybridized carbons (Fsp3) is 0.235. The van der Waals surface area contributed by atoms with Crippen molar-refractivity contribution in [2.45, 2.75) is 19.4 Å². The molecule has 2 aromatic carbocycles. The average molecular weight is 286 g/mol. The summed E-state index contributed by atoms with van der Waals surface area (Å²) in [6.45, 7) is 3.76. The molecule has 21 heavy (non-hydrogen) atoms. The lowest BCUT2D eigenvalue weighted by Gasteiger charge is -2.30. The van der Waals surface area contributed by atoms with Crippen LogP contribution in [0.4, 0.5) is 4.39 Å². The summed E-state index contributed by atoms with van der Waals surface area (Å²) < 4.78 is 13.6. The van der Waals surface area contributed by atoms with Crippen LogP contribution in [-0.2, 0) is 5.54 Å². The van der Waals surface area contributed by atoms with Crippen LogP contribution < -0.4 is 11.1 Å². The topological polar surface area (TPSA) is 55.1 Å². The molecule has 0 fully saturated rings. The first-order chi connectivity index (χ1) is 9.96. The number of amides is 1. The van der Waals surface area contributed by atoms with Gasteiger partial charge < -0.3 is 11.1 Å². The maximum absolute atomic E-state index is 13.6. The first kappa shape index (κ1) is 15.2. The van der Waals surface area contributed by atoms with Crippen LogP contribution in [-0.4, -0.2) is 12.5 Å². The van der Waals surface area contributed by atoms with E-state index in [0.29, 0.717) is 5.56 Å². The second-order valence-corrected chi connectivity index (χ2v) is 5.32. The van der Waals surface area contributed by atoms with Crippen LogP contribution in [0.1, 0.15) is 28.4 Å². The molecular formula is C17H19FN2O. The molecule has 3 N–H and O–H groups in total. The van der Waals surface area contributed by atoms with Gasteiger partial charge in [0.25, 0.3) is 5.91 Å². The number of halogens is 1. The van der Waals surface area contributed by atoms with Gasteiger partial charge in [0.05, 0.1) is 5.54 Å². The van der Waals surface area contributed by atoms with Crippen molar-refractivity contribution < 1.29 is 9.18 Å². The molecule has 1 amide bonds. The molecule has 0 aliphatic carbocycles. The molecule has 1 atom stereocenters. The number of carbonyl (C=O) groups excluding carboxylic acids is 1. The van der Waals surface area contributed by atoms with E-state index in [2.05, 4.69) is 5.32 Å². The summed E-state index contributed by atoms with van der Waals surface area (Å²) in [7, 11) is 0. The standard InChI is InChI=1S/C17H19FN2O/c1-12-8-9-13(10-15(12)18)16(21)20-17(2,11-19)14-6-4-3-5-7-14/h3-10H,11,19H2,1-2H3,(H,20,21). The number of nitrogens with two attached hydrogens (primary N) is 1. The van der Waals surface area contributed by atoms with E-state index in [0.717, 1.165) is 5.56 Å². The van der Waals surface area contributed by atoms with Crippen molar-refractivity contribution in [3.63, 3.8) is 0 Å². The van der Waals surface area contributed by atoms with Crippen molar-refractivity contribution in [2.24, 2.45) is 5.73 Å². The van der Waals surface area contributed by atoms with Gasteiger partial charge in [-0.25, -0.2) is 4.39 Å². The molecule has 0 saturated heterocycles. The SMILES string of the molecule is Cc1ccc(C(=O)NC(C)(CN)c2ccccc2)cc1F. The second kappa shape index (κ2) is 6.06. The predicted molar refractivity (Wildman–Crippen MR) is 81.5 cm³/mol. The zero-order valence-electron chi connectivity index (χ0n) is 12.2. The first-order valence-electron chi connectivity index (χ1n) is 6.80. The molecule has 0 bridgehead atoms. The van der Waals surface area contributed by atoms with Crippen molar-refractivity contribution >= 4 is 5.91 Å². The zero-order valence-corrected chi connectivity index (χ0v) is 12.2. The summed E-state index contributed by atoms with van der Waals surface area (Å²) >= 11 is 0. The number of aryl methyl sites for hydroxylation is 1. The van der Waals surface area contributed by atoms with Gasteiger partial charge in [0.1, 0.15) is 5.82 Å². The van der Waals surface area contributed by atoms with Crippen LogP contribution in [0.3, 0.4) is 0 Å². The van der Waals surface area contributed by atoms with E-state index in [-0.39, 0.29) is 18.0 Å². The monoisotopic (exact) mass is 286 g/mol. The molecule has 4 heteroatoms. The number of rotatable bonds is 4. The highest BCUT2D eigenvalue weighted by Gasteiger charge is 2.27. The van der Waals surface area contributed by atoms with Crippen LogP contribution in [0, 0.1) is 12.7 Å². The third kappa shape index (κ3) is 3.28. The maximum atomic E-state index is 13.6. The Bertz CT molecular complexity index is 642. The molecule has 0 aromatic heterocycles. The molecule has 2 rings (SSSR count). The fourth-order valence-electron chi connectivity index (χ4n) is 2.10. The van der Waals surface area contributed by atoms with Crippen molar-refractivity contribution in [1.29, 1.82) is 0 Å². The molecule has 0 heterocycles. The molecular weight excluding hydrogens is 267 g/mol. The van der Waals surface area contributed by atoms with Crippen molar-refractivity contribution in [2.75, 3.05) is 6.54 Å². The first-order valence-corrected chi connectivity index (χ1v) is 6.80. The zero-order chi connectivity index (χ0) is 15.5. The second-order valence-electron chi connectivity index (χ2n) is 5.32. The van der Waals surface area contributed by atoms with Gasteiger partial charge in [0, 0.05) is 12.1 Å². The highest BCUT2D eigenvalue weighted by Crippen LogP contribution is 2.20. The Morgan fingerprint density at radius 1 is 1.24 bits per heavy atom. The Kier molecular flexibility index (Phi) is 4.38. The molecule has 0 spiro atoms. The Balaban J connectivity index is 2.26. The van der Waals surface area contributed by atoms with E-state index in [4.69, 9.17) is 5.73 Å². The smallest absolute Gasteiger partial charge is 0.252 e. The van der Waals surface area contributed by atoms with Crippen molar-refractivity contribution in [3.05, 3.63) is 71.0 Å². The van der Waals surface area contributed by atoms with Crippen LogP contribution in [0.2, 0.25) is 0 Å². The number of hydrogen-bond acceptors (Lipinski definition) is 2. The number of benzene rings is 2. The summed E-state index contributed by atoms with van der Waals surface area (Å²) in [6.07, 6.45) is 0. The minimum atomic E-state index is -0.695. The molecule has 3 nitrogen and oxygen atoms in total. The van der Waals surface area contributed by atoms with Gasteiger partial charge in [-0.05, 0) is 37.1 Å². The molecule has 0 radical (unpaired) electrons. The van der Waals surface area contributed by atoms with E-state index in [1.54, 1.807) is 19.1 Å². The lowest BCUT2D eigenvalue weighted by Crippen LogP contribution is -2.48. The lowest BCUT2D eigenvalue weighted by atomic mass is 9.91. The molecule has 110 valence electrons. The van der Waals surface area contributed by atoms with Crippen molar-refractivity contribution in [3.8, 4) is 0 Å². The van der Waals surface area contributed by atoms with E-state index >= 15 is 0 Å². The summed E-state index contributed by atoms with van der Waals surface area (Å²) in [6, 6.07) is 13.9. The van der Waals surface area contributed by atoms with Gasteiger partial charge in [0.2, 0.25) is 0 Å². The Morgan fingerprint density at radius 2 is 1.90 bits per heavy atom. The van der Waals surface area contributed by atoms with E-state index in [9.17, 15) is 9.18 Å². The van der Waals surface area contributed by atoms with E-state index in [1.807, 2.05) is 37.3 Å². The van der Waals surface area contributed by atoms with Gasteiger partial charge in [-0.15, -0.1) is 0 Å². The quantitative estimate of drug-likeness (QED) is 0.908. The molecule has 0 aliphatic heterocycles. The molecule has 2 aromatic rings. The Hall–Kier alpha value is -2.20. The van der Waals surface area contributed by atoms with E-state index < -0.39 is 11.4 Å². The highest BCUT2D eigenvalue weighted by atomic mass is 19.1. The summed E-state index contributed by atoms with van der Waals surface area (Å²) in [5.74, 6) is -0.734. The number of nitrogens with one attached hydrogen (secondary N) is 1. The predicted octanol–water partition coefficient (Wildman–Crippen LogP) is 2.74. The van der Waals surface area contributed by atoms with Gasteiger partial charge in [-0.3, -0.25) is 4.79 Å². The average Bonchev–Trinajstić information content (AvgIpc) is 2.50. The Morgan fingerprint density at radius 3 is 2.48 bits per heavy atom. The lowest BCUT2D eigenvalue weighted by molar-refractivity contribution is 0.0907. The maximum Gasteiger partial charge on any atom is 0.252 e. The van der Waals surface area contributed by atoms with Crippen LogP contribution >= 0.6 is 0 Å². The van der Waals surface area contributed by atoms with Crippen LogP contribution in [0.15, 0.2) is 48.5 Å². The summed E-state index contributed by atoms with van der Waals surface area (Å²) in [5.41, 5.74) is 6.84. The van der Waals surface area contributed by atoms with Gasteiger partial charge in [0.15, 0.2) is 0 Å². The van der Waals surface area contributed by atoms with Gasteiger partial charge in [-0.2, -0.15) is 0 Å². The van der Waals surface area contributed by atoms with Gasteiger partial charge >= 0.3 is 0 Å².